The second kappa shape index (κ2) is 11.2. The van der Waals surface area contributed by atoms with Crippen molar-refractivity contribution in [2.45, 2.75) is 0 Å². The number of thiophene rings is 2. The average molecular weight is 687 g/mol. The van der Waals surface area contributed by atoms with E-state index in [0.29, 0.717) is 0 Å². The minimum absolute atomic E-state index is 0.741. The summed E-state index contributed by atoms with van der Waals surface area (Å²) in [6, 6.07) is 56.0. The maximum absolute atomic E-state index is 6.15. The van der Waals surface area contributed by atoms with E-state index in [-0.39, 0.29) is 0 Å². The van der Waals surface area contributed by atoms with E-state index in [9.17, 15) is 0 Å². The molecule has 4 aromatic heterocycles. The van der Waals surface area contributed by atoms with Gasteiger partial charge >= 0.3 is 0 Å². The number of nitrogens with zero attached hydrogens (tertiary/aromatic N) is 2. The third-order valence-electron chi connectivity index (χ3n) is 9.93. The quantitative estimate of drug-likeness (QED) is 0.185. The van der Waals surface area contributed by atoms with Gasteiger partial charge in [-0.3, -0.25) is 0 Å². The fraction of sp³-hybridized carbons (Fsp3) is 0. The van der Waals surface area contributed by atoms with E-state index in [2.05, 4.69) is 140 Å². The standard InChI is InChI=1S/C46H26N2OS2/c1-3-10-27(11-4-1)29-19-23-40-36(25-29)43-44(47-45(48-46(43)51-40)28-12-5-2-6-13-28)33-15-9-17-41-42(33)35-26-31(20-22-39(35)50-41)30-18-21-38-34(24-30)32-14-7-8-16-37(32)49-38/h1-26H. The number of hydrogen-bond acceptors (Lipinski definition) is 5. The van der Waals surface area contributed by atoms with Crippen LogP contribution in [0.4, 0.5) is 0 Å². The van der Waals surface area contributed by atoms with Gasteiger partial charge in [-0.15, -0.1) is 22.7 Å². The van der Waals surface area contributed by atoms with Gasteiger partial charge in [0.15, 0.2) is 5.82 Å². The summed E-state index contributed by atoms with van der Waals surface area (Å²) < 4.78 is 9.85. The molecule has 0 bridgehead atoms. The number of hydrogen-bond donors (Lipinski definition) is 0. The van der Waals surface area contributed by atoms with Crippen molar-refractivity contribution >= 4 is 85.1 Å². The number of para-hydroxylation sites is 1. The van der Waals surface area contributed by atoms with Gasteiger partial charge in [0.1, 0.15) is 16.0 Å². The monoisotopic (exact) mass is 686 g/mol. The predicted molar refractivity (Wildman–Crippen MR) is 217 cm³/mol. The molecule has 0 aliphatic rings. The summed E-state index contributed by atoms with van der Waals surface area (Å²) in [5.41, 5.74) is 9.65. The molecule has 11 aromatic rings. The lowest BCUT2D eigenvalue weighted by Crippen LogP contribution is -1.94. The van der Waals surface area contributed by atoms with Crippen LogP contribution in [0.2, 0.25) is 0 Å². The first-order valence-corrected chi connectivity index (χ1v) is 18.6. The van der Waals surface area contributed by atoms with E-state index in [1.165, 1.54) is 52.5 Å². The van der Waals surface area contributed by atoms with Crippen molar-refractivity contribution in [2.24, 2.45) is 0 Å². The van der Waals surface area contributed by atoms with Crippen LogP contribution in [-0.4, -0.2) is 9.97 Å². The Morgan fingerprint density at radius 3 is 1.82 bits per heavy atom. The number of fused-ring (bicyclic) bond motifs is 9. The molecule has 5 heteroatoms. The Kier molecular flexibility index (Phi) is 6.29. The first-order valence-electron chi connectivity index (χ1n) is 17.0. The van der Waals surface area contributed by atoms with Crippen LogP contribution in [0.25, 0.3) is 107 Å². The van der Waals surface area contributed by atoms with E-state index in [4.69, 9.17) is 14.4 Å². The van der Waals surface area contributed by atoms with Gasteiger partial charge in [0.2, 0.25) is 0 Å². The summed E-state index contributed by atoms with van der Waals surface area (Å²) in [4.78, 5) is 11.6. The Labute approximate surface area is 300 Å². The average Bonchev–Trinajstić information content (AvgIpc) is 3.88. The molecule has 0 saturated heterocycles. The van der Waals surface area contributed by atoms with Gasteiger partial charge in [-0.1, -0.05) is 109 Å². The van der Waals surface area contributed by atoms with E-state index < -0.39 is 0 Å². The molecule has 7 aromatic carbocycles. The smallest absolute Gasteiger partial charge is 0.161 e. The number of benzene rings is 7. The molecule has 4 heterocycles. The minimum atomic E-state index is 0.741. The summed E-state index contributed by atoms with van der Waals surface area (Å²) in [6.07, 6.45) is 0. The number of aromatic nitrogens is 2. The normalized spacial score (nSPS) is 11.9. The van der Waals surface area contributed by atoms with E-state index in [1.54, 1.807) is 11.3 Å². The topological polar surface area (TPSA) is 38.9 Å². The van der Waals surface area contributed by atoms with Crippen molar-refractivity contribution in [3.8, 4) is 44.9 Å². The highest BCUT2D eigenvalue weighted by molar-refractivity contribution is 7.26. The summed E-state index contributed by atoms with van der Waals surface area (Å²) in [6.45, 7) is 0. The molecule has 0 aliphatic carbocycles. The van der Waals surface area contributed by atoms with Crippen LogP contribution < -0.4 is 0 Å². The lowest BCUT2D eigenvalue weighted by atomic mass is 9.97. The molecule has 0 amide bonds. The summed E-state index contributed by atoms with van der Waals surface area (Å²) in [5.74, 6) is 0.741. The Bertz CT molecular complexity index is 3140. The SMILES string of the molecule is c1ccc(-c2ccc3sc4nc(-c5ccccc5)nc(-c5cccc6sc7ccc(-c8ccc9oc%10ccccc%10c9c8)cc7c56)c4c3c2)cc1. The van der Waals surface area contributed by atoms with Gasteiger partial charge < -0.3 is 4.42 Å². The van der Waals surface area contributed by atoms with Gasteiger partial charge in [0, 0.05) is 57.5 Å². The summed E-state index contributed by atoms with van der Waals surface area (Å²) in [5, 5.41) is 7.02. The molecule has 0 aliphatic heterocycles. The number of rotatable bonds is 4. The lowest BCUT2D eigenvalue weighted by molar-refractivity contribution is 0.669. The van der Waals surface area contributed by atoms with Crippen LogP contribution in [0.3, 0.4) is 0 Å². The van der Waals surface area contributed by atoms with Gasteiger partial charge in [0.05, 0.1) is 5.69 Å². The van der Waals surface area contributed by atoms with Crippen molar-refractivity contribution in [3.63, 3.8) is 0 Å². The molecule has 11 rings (SSSR count). The Morgan fingerprint density at radius 2 is 1.02 bits per heavy atom. The largest absolute Gasteiger partial charge is 0.456 e. The molecule has 0 atom stereocenters. The van der Waals surface area contributed by atoms with Crippen LogP contribution in [0, 0.1) is 0 Å². The zero-order valence-electron chi connectivity index (χ0n) is 27.1. The van der Waals surface area contributed by atoms with Gasteiger partial charge in [-0.05, 0) is 70.8 Å². The van der Waals surface area contributed by atoms with E-state index >= 15 is 0 Å². The fourth-order valence-electron chi connectivity index (χ4n) is 7.51. The Hall–Kier alpha value is -6.14. The molecule has 3 nitrogen and oxygen atoms in total. The maximum atomic E-state index is 6.15. The third-order valence-corrected chi connectivity index (χ3v) is 12.1. The Morgan fingerprint density at radius 1 is 0.392 bits per heavy atom. The molecule has 238 valence electrons. The lowest BCUT2D eigenvalue weighted by Gasteiger charge is -2.10. The molecule has 0 radical (unpaired) electrons. The molecular weight excluding hydrogens is 661 g/mol. The Balaban J connectivity index is 1.18. The van der Waals surface area contributed by atoms with Crippen LogP contribution >= 0.6 is 22.7 Å². The highest BCUT2D eigenvalue weighted by atomic mass is 32.1. The highest BCUT2D eigenvalue weighted by Gasteiger charge is 2.21. The van der Waals surface area contributed by atoms with E-state index in [0.717, 1.165) is 54.8 Å². The van der Waals surface area contributed by atoms with Gasteiger partial charge in [-0.2, -0.15) is 0 Å². The van der Waals surface area contributed by atoms with Crippen molar-refractivity contribution < 1.29 is 4.42 Å². The third kappa shape index (κ3) is 4.56. The molecular formula is C46H26N2OS2. The van der Waals surface area contributed by atoms with Gasteiger partial charge in [-0.25, -0.2) is 9.97 Å². The highest BCUT2D eigenvalue weighted by Crippen LogP contribution is 2.46. The van der Waals surface area contributed by atoms with Crippen LogP contribution in [0.1, 0.15) is 0 Å². The summed E-state index contributed by atoms with van der Waals surface area (Å²) in [7, 11) is 0. The first-order chi connectivity index (χ1) is 25.2. The summed E-state index contributed by atoms with van der Waals surface area (Å²) >= 11 is 3.58. The first kappa shape index (κ1) is 28.7. The molecule has 0 fully saturated rings. The molecule has 0 saturated carbocycles. The fourth-order valence-corrected chi connectivity index (χ4v) is 9.67. The number of furan rings is 1. The van der Waals surface area contributed by atoms with E-state index in [1.807, 2.05) is 29.5 Å². The van der Waals surface area contributed by atoms with Crippen molar-refractivity contribution in [3.05, 3.63) is 158 Å². The maximum Gasteiger partial charge on any atom is 0.161 e. The molecule has 0 spiro atoms. The van der Waals surface area contributed by atoms with Crippen molar-refractivity contribution in [1.82, 2.24) is 9.97 Å². The predicted octanol–water partition coefficient (Wildman–Crippen LogP) is 13.8. The second-order valence-corrected chi connectivity index (χ2v) is 15.0. The van der Waals surface area contributed by atoms with Crippen LogP contribution in [0.5, 0.6) is 0 Å². The molecule has 51 heavy (non-hydrogen) atoms. The van der Waals surface area contributed by atoms with Crippen LogP contribution in [-0.2, 0) is 0 Å². The van der Waals surface area contributed by atoms with Crippen molar-refractivity contribution in [1.29, 1.82) is 0 Å². The van der Waals surface area contributed by atoms with Crippen molar-refractivity contribution in [2.75, 3.05) is 0 Å². The zero-order valence-corrected chi connectivity index (χ0v) is 28.8. The molecule has 0 unspecified atom stereocenters. The zero-order chi connectivity index (χ0) is 33.5. The van der Waals surface area contributed by atoms with Gasteiger partial charge in [0.25, 0.3) is 0 Å². The minimum Gasteiger partial charge on any atom is -0.456 e. The van der Waals surface area contributed by atoms with Crippen LogP contribution in [0.15, 0.2) is 162 Å². The molecule has 0 N–H and O–H groups in total. The second-order valence-electron chi connectivity index (χ2n) is 12.9.